The van der Waals surface area contributed by atoms with Crippen molar-refractivity contribution in [2.75, 3.05) is 6.61 Å². The Labute approximate surface area is 173 Å². The molecule has 0 spiro atoms. The van der Waals surface area contributed by atoms with Gasteiger partial charge in [-0.15, -0.1) is 11.3 Å². The number of hydrogen-bond donors (Lipinski definition) is 1. The Morgan fingerprint density at radius 3 is 2.79 bits per heavy atom. The molecule has 1 N–H and O–H groups in total. The van der Waals surface area contributed by atoms with Crippen molar-refractivity contribution in [3.63, 3.8) is 0 Å². The number of ether oxygens (including phenoxy) is 1. The summed E-state index contributed by atoms with van der Waals surface area (Å²) in [5, 5.41) is 0.787. The zero-order valence-corrected chi connectivity index (χ0v) is 17.9. The average Bonchev–Trinajstić information content (AvgIpc) is 3.09. The molecule has 4 rings (SSSR count). The molecule has 0 atom stereocenters. The van der Waals surface area contributed by atoms with Crippen molar-refractivity contribution in [2.45, 2.75) is 65.3 Å². The number of nitrogens with one attached hydrogen (secondary N) is 1. The van der Waals surface area contributed by atoms with Crippen LogP contribution in [-0.4, -0.2) is 21.1 Å². The largest absolute Gasteiger partial charge is 0.488 e. The minimum atomic E-state index is -0.167. The van der Waals surface area contributed by atoms with Crippen molar-refractivity contribution in [1.82, 2.24) is 14.5 Å². The number of aromatic nitrogens is 3. The third-order valence-electron chi connectivity index (χ3n) is 5.35. The first-order chi connectivity index (χ1) is 14.1. The summed E-state index contributed by atoms with van der Waals surface area (Å²) < 4.78 is 7.20. The molecule has 1 aliphatic carbocycles. The number of rotatable bonds is 7. The van der Waals surface area contributed by atoms with Gasteiger partial charge in [-0.05, 0) is 44.1 Å². The van der Waals surface area contributed by atoms with E-state index in [0.29, 0.717) is 24.6 Å². The van der Waals surface area contributed by atoms with E-state index in [4.69, 9.17) is 9.72 Å². The van der Waals surface area contributed by atoms with E-state index in [1.807, 2.05) is 6.92 Å². The van der Waals surface area contributed by atoms with Gasteiger partial charge in [0, 0.05) is 29.3 Å². The Kier molecular flexibility index (Phi) is 5.85. The first-order valence-electron chi connectivity index (χ1n) is 10.5. The predicted molar refractivity (Wildman–Crippen MR) is 116 cm³/mol. The Hall–Kier alpha value is -2.41. The number of thiophene rings is 1. The Balaban J connectivity index is 1.77. The summed E-state index contributed by atoms with van der Waals surface area (Å²) in [6.45, 7) is 4.90. The van der Waals surface area contributed by atoms with E-state index in [9.17, 15) is 9.59 Å². The average molecular weight is 414 g/mol. The number of nitrogens with zero attached hydrogens (tertiary/aromatic N) is 2. The molecule has 3 heterocycles. The maximum Gasteiger partial charge on any atom is 0.262 e. The summed E-state index contributed by atoms with van der Waals surface area (Å²) in [5.41, 5.74) is 1.73. The Morgan fingerprint density at radius 1 is 1.21 bits per heavy atom. The number of aryl methyl sites for hydroxylation is 3. The van der Waals surface area contributed by atoms with E-state index in [-0.39, 0.29) is 11.0 Å². The summed E-state index contributed by atoms with van der Waals surface area (Å²) in [5.74, 6) is 1.10. The van der Waals surface area contributed by atoms with Crippen LogP contribution < -0.4 is 15.7 Å². The van der Waals surface area contributed by atoms with E-state index in [0.717, 1.165) is 54.6 Å². The first-order valence-corrected chi connectivity index (χ1v) is 11.3. The van der Waals surface area contributed by atoms with Gasteiger partial charge in [0.05, 0.1) is 18.5 Å². The Bertz CT molecular complexity index is 1140. The van der Waals surface area contributed by atoms with Crippen molar-refractivity contribution in [3.05, 3.63) is 54.8 Å². The standard InChI is InChI=1S/C22H27N3O3S/c1-3-7-19-24-21-20(15-8-5-6-9-18(15)29-21)22(27)25(19)13-14-11-16(26)17(12-23-14)28-10-4-2/h11-12H,3-10,13H2,1-2H3,(H,23,26). The first kappa shape index (κ1) is 19.9. The number of aromatic amines is 1. The van der Waals surface area contributed by atoms with Crippen molar-refractivity contribution < 1.29 is 4.74 Å². The van der Waals surface area contributed by atoms with Crippen molar-refractivity contribution in [1.29, 1.82) is 0 Å². The van der Waals surface area contributed by atoms with Crippen LogP contribution in [0, 0.1) is 0 Å². The molecule has 29 heavy (non-hydrogen) atoms. The lowest BCUT2D eigenvalue weighted by Crippen LogP contribution is -2.27. The monoisotopic (exact) mass is 413 g/mol. The van der Waals surface area contributed by atoms with Crippen LogP contribution in [0.4, 0.5) is 0 Å². The molecular formula is C22H27N3O3S. The van der Waals surface area contributed by atoms with Gasteiger partial charge in [-0.1, -0.05) is 13.8 Å². The van der Waals surface area contributed by atoms with Gasteiger partial charge in [0.25, 0.3) is 5.56 Å². The summed E-state index contributed by atoms with van der Waals surface area (Å²) in [7, 11) is 0. The van der Waals surface area contributed by atoms with Gasteiger partial charge < -0.3 is 9.72 Å². The second-order valence-electron chi connectivity index (χ2n) is 7.60. The van der Waals surface area contributed by atoms with Gasteiger partial charge in [-0.3, -0.25) is 14.2 Å². The van der Waals surface area contributed by atoms with E-state index < -0.39 is 0 Å². The van der Waals surface area contributed by atoms with Crippen LogP contribution in [0.2, 0.25) is 0 Å². The van der Waals surface area contributed by atoms with Crippen LogP contribution in [0.1, 0.15) is 61.5 Å². The Morgan fingerprint density at radius 2 is 2.03 bits per heavy atom. The molecule has 0 aliphatic heterocycles. The highest BCUT2D eigenvalue weighted by atomic mass is 32.1. The highest BCUT2D eigenvalue weighted by molar-refractivity contribution is 7.18. The van der Waals surface area contributed by atoms with E-state index in [1.54, 1.807) is 22.1 Å². The number of H-pyrrole nitrogens is 1. The number of hydrogen-bond acceptors (Lipinski definition) is 5. The maximum absolute atomic E-state index is 13.5. The highest BCUT2D eigenvalue weighted by Crippen LogP contribution is 2.33. The van der Waals surface area contributed by atoms with Crippen molar-refractivity contribution in [3.8, 4) is 5.75 Å². The number of fused-ring (bicyclic) bond motifs is 3. The third kappa shape index (κ3) is 3.88. The van der Waals surface area contributed by atoms with Crippen LogP contribution in [0.3, 0.4) is 0 Å². The zero-order valence-electron chi connectivity index (χ0n) is 17.0. The molecule has 0 saturated carbocycles. The molecule has 0 amide bonds. The fraction of sp³-hybridized carbons (Fsp3) is 0.500. The fourth-order valence-corrected chi connectivity index (χ4v) is 5.22. The molecule has 0 aromatic carbocycles. The van der Waals surface area contributed by atoms with Gasteiger partial charge in [0.1, 0.15) is 10.7 Å². The summed E-state index contributed by atoms with van der Waals surface area (Å²) in [6.07, 6.45) is 8.39. The lowest BCUT2D eigenvalue weighted by molar-refractivity contribution is 0.313. The molecule has 1 aliphatic rings. The van der Waals surface area contributed by atoms with E-state index in [1.165, 1.54) is 22.9 Å². The molecular weight excluding hydrogens is 386 g/mol. The lowest BCUT2D eigenvalue weighted by atomic mass is 9.97. The van der Waals surface area contributed by atoms with Gasteiger partial charge in [-0.25, -0.2) is 4.98 Å². The normalized spacial score (nSPS) is 13.6. The molecule has 7 heteroatoms. The molecule has 3 aromatic heterocycles. The van der Waals surface area contributed by atoms with E-state index >= 15 is 0 Å². The van der Waals surface area contributed by atoms with Crippen LogP contribution in [0.5, 0.6) is 5.75 Å². The SMILES string of the molecule is CCCOc1c[nH]c(Cn2c(CCC)nc3sc4c(c3c2=O)CCCC4)cc1=O. The van der Waals surface area contributed by atoms with Crippen molar-refractivity contribution >= 4 is 21.6 Å². The quantitative estimate of drug-likeness (QED) is 0.639. The minimum Gasteiger partial charge on any atom is -0.488 e. The molecule has 0 bridgehead atoms. The number of pyridine rings is 1. The fourth-order valence-electron chi connectivity index (χ4n) is 3.94. The van der Waals surface area contributed by atoms with Gasteiger partial charge in [0.15, 0.2) is 5.75 Å². The summed E-state index contributed by atoms with van der Waals surface area (Å²) in [6, 6.07) is 1.53. The molecule has 3 aromatic rings. The predicted octanol–water partition coefficient (Wildman–Crippen LogP) is 3.81. The maximum atomic E-state index is 13.5. The van der Waals surface area contributed by atoms with Gasteiger partial charge >= 0.3 is 0 Å². The van der Waals surface area contributed by atoms with Crippen LogP contribution >= 0.6 is 11.3 Å². The van der Waals surface area contributed by atoms with Gasteiger partial charge in [0.2, 0.25) is 5.43 Å². The molecule has 154 valence electrons. The lowest BCUT2D eigenvalue weighted by Gasteiger charge is -2.14. The molecule has 0 radical (unpaired) electrons. The van der Waals surface area contributed by atoms with Crippen LogP contribution in [-0.2, 0) is 25.8 Å². The summed E-state index contributed by atoms with van der Waals surface area (Å²) in [4.78, 5) is 36.0. The second-order valence-corrected chi connectivity index (χ2v) is 8.68. The van der Waals surface area contributed by atoms with Crippen LogP contribution in [0.25, 0.3) is 10.2 Å². The van der Waals surface area contributed by atoms with E-state index in [2.05, 4.69) is 11.9 Å². The second kappa shape index (κ2) is 8.53. The molecule has 6 nitrogen and oxygen atoms in total. The highest BCUT2D eigenvalue weighted by Gasteiger charge is 2.22. The minimum absolute atomic E-state index is 0.0185. The van der Waals surface area contributed by atoms with Crippen LogP contribution in [0.15, 0.2) is 21.9 Å². The van der Waals surface area contributed by atoms with Gasteiger partial charge in [-0.2, -0.15) is 0 Å². The molecule has 0 unspecified atom stereocenters. The third-order valence-corrected chi connectivity index (χ3v) is 6.54. The smallest absolute Gasteiger partial charge is 0.262 e. The van der Waals surface area contributed by atoms with Crippen molar-refractivity contribution in [2.24, 2.45) is 0 Å². The zero-order chi connectivity index (χ0) is 20.4. The molecule has 0 saturated heterocycles. The molecule has 0 fully saturated rings. The topological polar surface area (TPSA) is 77.0 Å². The summed E-state index contributed by atoms with van der Waals surface area (Å²) >= 11 is 1.68.